The molecule has 136 valence electrons. The van der Waals surface area contributed by atoms with E-state index in [-0.39, 0.29) is 11.3 Å². The van der Waals surface area contributed by atoms with Crippen molar-refractivity contribution in [3.8, 4) is 0 Å². The number of aliphatic carboxylic acids is 1. The van der Waals surface area contributed by atoms with E-state index in [0.717, 1.165) is 31.0 Å². The monoisotopic (exact) mass is 347 g/mol. The van der Waals surface area contributed by atoms with Gasteiger partial charge in [0.05, 0.1) is 6.42 Å². The van der Waals surface area contributed by atoms with E-state index in [1.165, 1.54) is 51.4 Å². The third-order valence-corrected chi connectivity index (χ3v) is 5.15. The number of rotatable bonds is 17. The van der Waals surface area contributed by atoms with Crippen molar-refractivity contribution in [2.24, 2.45) is 0 Å². The Hall–Kier alpha value is -0.780. The van der Waals surface area contributed by atoms with Crippen LogP contribution in [0.25, 0.3) is 0 Å². The van der Waals surface area contributed by atoms with Gasteiger partial charge in [-0.25, -0.2) is 0 Å². The van der Waals surface area contributed by atoms with Crippen LogP contribution in [0.5, 0.6) is 0 Å². The van der Waals surface area contributed by atoms with Gasteiger partial charge < -0.3 is 5.11 Å². The summed E-state index contributed by atoms with van der Waals surface area (Å²) in [6.07, 6.45) is 14.1. The summed E-state index contributed by atoms with van der Waals surface area (Å²) in [5, 5.41) is 18.8. The van der Waals surface area contributed by atoms with E-state index in [1.54, 1.807) is 0 Å². The zero-order chi connectivity index (χ0) is 17.3. The summed E-state index contributed by atoms with van der Waals surface area (Å²) in [7, 11) is 0. The SMILES string of the molecule is CCCCCCCCCCCCCC(SCCC(=O)O)[N+](=O)[O-]. The van der Waals surface area contributed by atoms with Crippen LogP contribution in [0.1, 0.15) is 90.4 Å². The van der Waals surface area contributed by atoms with Gasteiger partial charge in [0.2, 0.25) is 0 Å². The molecule has 0 aromatic rings. The molecule has 0 radical (unpaired) electrons. The van der Waals surface area contributed by atoms with Crippen molar-refractivity contribution in [1.82, 2.24) is 0 Å². The fraction of sp³-hybridized carbons (Fsp3) is 0.941. The molecule has 0 rings (SSSR count). The summed E-state index contributed by atoms with van der Waals surface area (Å²) < 4.78 is 0. The molecule has 0 bridgehead atoms. The van der Waals surface area contributed by atoms with E-state index >= 15 is 0 Å². The molecule has 0 aromatic heterocycles. The first kappa shape index (κ1) is 22.2. The molecular weight excluding hydrogens is 314 g/mol. The molecule has 0 amide bonds. The Morgan fingerprint density at radius 3 is 1.91 bits per heavy atom. The summed E-state index contributed by atoms with van der Waals surface area (Å²) in [4.78, 5) is 21.1. The quantitative estimate of drug-likeness (QED) is 0.163. The Labute approximate surface area is 144 Å². The second kappa shape index (κ2) is 16.1. The molecule has 0 fully saturated rings. The lowest BCUT2D eigenvalue weighted by atomic mass is 10.1. The van der Waals surface area contributed by atoms with Crippen molar-refractivity contribution < 1.29 is 14.8 Å². The maximum Gasteiger partial charge on any atom is 0.304 e. The molecule has 23 heavy (non-hydrogen) atoms. The number of nitrogens with zero attached hydrogens (tertiary/aromatic N) is 1. The Kier molecular flexibility index (Phi) is 15.5. The van der Waals surface area contributed by atoms with E-state index in [2.05, 4.69) is 6.92 Å². The van der Waals surface area contributed by atoms with Crippen LogP contribution in [0.3, 0.4) is 0 Å². The molecule has 6 heteroatoms. The first-order valence-electron chi connectivity index (χ1n) is 9.04. The number of hydrogen-bond donors (Lipinski definition) is 1. The van der Waals surface area contributed by atoms with Gasteiger partial charge in [-0.2, -0.15) is 0 Å². The average Bonchev–Trinajstić information content (AvgIpc) is 2.50. The van der Waals surface area contributed by atoms with Crippen molar-refractivity contribution in [3.63, 3.8) is 0 Å². The van der Waals surface area contributed by atoms with Gasteiger partial charge in [0.25, 0.3) is 5.37 Å². The molecular formula is C17H33NO4S. The standard InChI is InChI=1S/C17H33NO4S/c1-2-3-4-5-6-7-8-9-10-11-12-13-16(18(21)22)23-15-14-17(19)20/h16H,2-15H2,1H3,(H,19,20). The van der Waals surface area contributed by atoms with Gasteiger partial charge in [0.1, 0.15) is 0 Å². The molecule has 0 aliphatic carbocycles. The summed E-state index contributed by atoms with van der Waals surface area (Å²) in [5.41, 5.74) is 0. The summed E-state index contributed by atoms with van der Waals surface area (Å²) >= 11 is 1.16. The van der Waals surface area contributed by atoms with Crippen LogP contribution in [0.4, 0.5) is 0 Å². The van der Waals surface area contributed by atoms with Crippen molar-refractivity contribution in [2.45, 2.75) is 95.8 Å². The van der Waals surface area contributed by atoms with Crippen LogP contribution >= 0.6 is 11.8 Å². The lowest BCUT2D eigenvalue weighted by Gasteiger charge is -2.08. The second-order valence-corrected chi connectivity index (χ2v) is 7.36. The third kappa shape index (κ3) is 15.9. The number of hydrogen-bond acceptors (Lipinski definition) is 4. The van der Waals surface area contributed by atoms with Gasteiger partial charge in [-0.05, 0) is 6.42 Å². The van der Waals surface area contributed by atoms with Crippen molar-refractivity contribution in [3.05, 3.63) is 10.1 Å². The van der Waals surface area contributed by atoms with Gasteiger partial charge in [-0.1, -0.05) is 82.9 Å². The van der Waals surface area contributed by atoms with Crippen molar-refractivity contribution >= 4 is 17.7 Å². The lowest BCUT2D eigenvalue weighted by molar-refractivity contribution is -0.496. The first-order valence-corrected chi connectivity index (χ1v) is 10.1. The molecule has 5 nitrogen and oxygen atoms in total. The molecule has 0 aromatic carbocycles. The summed E-state index contributed by atoms with van der Waals surface area (Å²) in [6.45, 7) is 2.23. The van der Waals surface area contributed by atoms with Crippen LogP contribution in [-0.4, -0.2) is 27.1 Å². The van der Waals surface area contributed by atoms with Gasteiger partial charge >= 0.3 is 5.97 Å². The van der Waals surface area contributed by atoms with Crippen LogP contribution in [0, 0.1) is 10.1 Å². The zero-order valence-corrected chi connectivity index (χ0v) is 15.3. The topological polar surface area (TPSA) is 80.4 Å². The van der Waals surface area contributed by atoms with E-state index in [4.69, 9.17) is 5.11 Å². The molecule has 0 saturated heterocycles. The minimum atomic E-state index is -0.894. The third-order valence-electron chi connectivity index (χ3n) is 3.92. The Bertz CT molecular complexity index is 313. The van der Waals surface area contributed by atoms with Crippen molar-refractivity contribution in [2.75, 3.05) is 5.75 Å². The Morgan fingerprint density at radius 2 is 1.48 bits per heavy atom. The minimum Gasteiger partial charge on any atom is -0.481 e. The molecule has 1 N–H and O–H groups in total. The molecule has 0 saturated carbocycles. The van der Waals surface area contributed by atoms with E-state index in [9.17, 15) is 14.9 Å². The van der Waals surface area contributed by atoms with E-state index < -0.39 is 11.3 Å². The predicted octanol–water partition coefficient (Wildman–Crippen LogP) is 5.50. The maximum atomic E-state index is 10.9. The summed E-state index contributed by atoms with van der Waals surface area (Å²) in [6, 6.07) is 0. The minimum absolute atomic E-state index is 0.00668. The van der Waals surface area contributed by atoms with Gasteiger partial charge in [0.15, 0.2) is 0 Å². The van der Waals surface area contributed by atoms with Gasteiger partial charge in [0, 0.05) is 17.1 Å². The fourth-order valence-corrected chi connectivity index (χ4v) is 3.53. The van der Waals surface area contributed by atoms with Crippen LogP contribution in [-0.2, 0) is 4.79 Å². The van der Waals surface area contributed by atoms with Crippen LogP contribution in [0.2, 0.25) is 0 Å². The summed E-state index contributed by atoms with van der Waals surface area (Å²) in [5.74, 6) is -0.576. The molecule has 1 atom stereocenters. The van der Waals surface area contributed by atoms with E-state index in [0.29, 0.717) is 12.2 Å². The maximum absolute atomic E-state index is 10.9. The fourth-order valence-electron chi connectivity index (χ4n) is 2.52. The van der Waals surface area contributed by atoms with Crippen LogP contribution < -0.4 is 0 Å². The van der Waals surface area contributed by atoms with Gasteiger partial charge in [-0.15, -0.1) is 0 Å². The number of carbonyl (C=O) groups is 1. The number of nitro groups is 1. The number of carboxylic acids is 1. The molecule has 0 aliphatic heterocycles. The highest BCUT2D eigenvalue weighted by Crippen LogP contribution is 2.20. The average molecular weight is 348 g/mol. The first-order chi connectivity index (χ1) is 11.1. The van der Waals surface area contributed by atoms with Crippen LogP contribution in [0.15, 0.2) is 0 Å². The second-order valence-electron chi connectivity index (χ2n) is 6.08. The highest BCUT2D eigenvalue weighted by Gasteiger charge is 2.20. The number of carboxylic acid groups (broad SMARTS) is 1. The Balaban J connectivity index is 3.45. The number of thioether (sulfide) groups is 1. The van der Waals surface area contributed by atoms with E-state index in [1.807, 2.05) is 0 Å². The number of unbranched alkanes of at least 4 members (excludes halogenated alkanes) is 10. The molecule has 0 aliphatic rings. The largest absolute Gasteiger partial charge is 0.481 e. The smallest absolute Gasteiger partial charge is 0.304 e. The highest BCUT2D eigenvalue weighted by molar-refractivity contribution is 7.99. The lowest BCUT2D eigenvalue weighted by Crippen LogP contribution is -2.16. The highest BCUT2D eigenvalue weighted by atomic mass is 32.2. The Morgan fingerprint density at radius 1 is 1.00 bits per heavy atom. The molecule has 1 unspecified atom stereocenters. The molecule has 0 heterocycles. The zero-order valence-electron chi connectivity index (χ0n) is 14.5. The molecule has 0 spiro atoms. The van der Waals surface area contributed by atoms with Crippen molar-refractivity contribution in [1.29, 1.82) is 0 Å². The van der Waals surface area contributed by atoms with Gasteiger partial charge in [-0.3, -0.25) is 14.9 Å². The predicted molar refractivity (Wildman–Crippen MR) is 96.6 cm³/mol. The normalized spacial score (nSPS) is 12.2.